The minimum Gasteiger partial charge on any atom is -0.495 e. The van der Waals surface area contributed by atoms with Crippen molar-refractivity contribution >= 4 is 22.6 Å². The molecule has 0 saturated carbocycles. The third-order valence-corrected chi connectivity index (χ3v) is 6.82. The zero-order valence-corrected chi connectivity index (χ0v) is 20.7. The van der Waals surface area contributed by atoms with E-state index in [0.29, 0.717) is 26.1 Å². The van der Waals surface area contributed by atoms with Crippen molar-refractivity contribution in [2.45, 2.75) is 26.8 Å². The van der Waals surface area contributed by atoms with E-state index in [4.69, 9.17) is 9.72 Å². The Bertz CT molecular complexity index is 1330. The van der Waals surface area contributed by atoms with Gasteiger partial charge in [-0.2, -0.15) is 0 Å². The molecule has 35 heavy (non-hydrogen) atoms. The molecule has 1 fully saturated rings. The van der Waals surface area contributed by atoms with Crippen LogP contribution in [0.25, 0.3) is 22.4 Å². The minimum absolute atomic E-state index is 0.188. The third kappa shape index (κ3) is 4.74. The van der Waals surface area contributed by atoms with Crippen molar-refractivity contribution in [3.05, 3.63) is 77.9 Å². The van der Waals surface area contributed by atoms with Crippen LogP contribution in [0.2, 0.25) is 0 Å². The van der Waals surface area contributed by atoms with Crippen LogP contribution in [0.5, 0.6) is 5.75 Å². The Morgan fingerprint density at radius 3 is 2.37 bits per heavy atom. The number of methoxy groups -OCH3 is 1. The minimum atomic E-state index is 0.188. The van der Waals surface area contributed by atoms with Gasteiger partial charge in [-0.05, 0) is 43.7 Å². The molecule has 5 rings (SSSR count). The number of piperazine rings is 1. The largest absolute Gasteiger partial charge is 0.495 e. The van der Waals surface area contributed by atoms with E-state index in [1.54, 1.807) is 7.11 Å². The lowest BCUT2D eigenvalue weighted by Crippen LogP contribution is -2.49. The molecule has 0 radical (unpaired) electrons. The number of nitrogens with zero attached hydrogens (tertiary/aromatic N) is 4. The molecule has 6 heteroatoms. The second-order valence-corrected chi connectivity index (χ2v) is 9.23. The summed E-state index contributed by atoms with van der Waals surface area (Å²) in [6, 6.07) is 22.8. The Labute approximate surface area is 206 Å². The average molecular weight is 469 g/mol. The normalized spacial score (nSPS) is 13.9. The van der Waals surface area contributed by atoms with E-state index < -0.39 is 0 Å². The molecule has 0 unspecified atom stereocenters. The summed E-state index contributed by atoms with van der Waals surface area (Å²) >= 11 is 0. The SMILES string of the molecule is COc1ccccc1N1CCN(C(=O)CCn2c(-c3ccc(C)cc3)nc3cc(C)ccc32)CC1. The first-order valence-electron chi connectivity index (χ1n) is 12.2. The summed E-state index contributed by atoms with van der Waals surface area (Å²) < 4.78 is 7.72. The smallest absolute Gasteiger partial charge is 0.224 e. The highest BCUT2D eigenvalue weighted by atomic mass is 16.5. The Morgan fingerprint density at radius 1 is 0.914 bits per heavy atom. The van der Waals surface area contributed by atoms with Crippen LogP contribution in [0.15, 0.2) is 66.7 Å². The summed E-state index contributed by atoms with van der Waals surface area (Å²) in [5, 5.41) is 0. The van der Waals surface area contributed by atoms with Crippen LogP contribution in [-0.2, 0) is 11.3 Å². The van der Waals surface area contributed by atoms with Crippen molar-refractivity contribution in [1.82, 2.24) is 14.5 Å². The lowest BCUT2D eigenvalue weighted by Gasteiger charge is -2.36. The summed E-state index contributed by atoms with van der Waals surface area (Å²) in [4.78, 5) is 22.4. The van der Waals surface area contributed by atoms with Crippen molar-refractivity contribution in [2.75, 3.05) is 38.2 Å². The van der Waals surface area contributed by atoms with Crippen LogP contribution in [0.1, 0.15) is 17.5 Å². The standard InChI is InChI=1S/C29H32N4O2/c1-21-8-11-23(12-9-21)29-30-24-20-22(2)10-13-25(24)33(29)15-14-28(34)32-18-16-31(17-19-32)26-6-4-5-7-27(26)35-3/h4-13,20H,14-19H2,1-3H3. The molecule has 0 aliphatic carbocycles. The molecule has 0 N–H and O–H groups in total. The number of hydrogen-bond donors (Lipinski definition) is 0. The van der Waals surface area contributed by atoms with Crippen LogP contribution in [0, 0.1) is 13.8 Å². The molecule has 1 aliphatic heterocycles. The van der Waals surface area contributed by atoms with Crippen LogP contribution < -0.4 is 9.64 Å². The number of aryl methyl sites for hydroxylation is 3. The van der Waals surface area contributed by atoms with Gasteiger partial charge < -0.3 is 19.1 Å². The number of para-hydroxylation sites is 2. The van der Waals surface area contributed by atoms with E-state index in [1.165, 1.54) is 11.1 Å². The molecule has 1 aromatic heterocycles. The molecular weight excluding hydrogens is 436 g/mol. The molecule has 0 bridgehead atoms. The van der Waals surface area contributed by atoms with E-state index in [1.807, 2.05) is 23.1 Å². The second kappa shape index (κ2) is 9.82. The first kappa shape index (κ1) is 23.0. The highest BCUT2D eigenvalue weighted by molar-refractivity contribution is 5.82. The maximum Gasteiger partial charge on any atom is 0.224 e. The Morgan fingerprint density at radius 2 is 1.63 bits per heavy atom. The van der Waals surface area contributed by atoms with E-state index in [0.717, 1.165) is 46.9 Å². The van der Waals surface area contributed by atoms with Crippen LogP contribution >= 0.6 is 0 Å². The van der Waals surface area contributed by atoms with Gasteiger partial charge in [-0.15, -0.1) is 0 Å². The zero-order valence-electron chi connectivity index (χ0n) is 20.7. The van der Waals surface area contributed by atoms with E-state index >= 15 is 0 Å². The van der Waals surface area contributed by atoms with Gasteiger partial charge in [0.1, 0.15) is 11.6 Å². The highest BCUT2D eigenvalue weighted by Gasteiger charge is 2.23. The summed E-state index contributed by atoms with van der Waals surface area (Å²) in [7, 11) is 1.70. The maximum atomic E-state index is 13.2. The van der Waals surface area contributed by atoms with Gasteiger partial charge in [0.25, 0.3) is 0 Å². The molecule has 1 saturated heterocycles. The number of benzene rings is 3. The Kier molecular flexibility index (Phi) is 6.45. The first-order valence-corrected chi connectivity index (χ1v) is 12.2. The monoisotopic (exact) mass is 468 g/mol. The Balaban J connectivity index is 1.30. The molecule has 3 aromatic carbocycles. The van der Waals surface area contributed by atoms with Crippen LogP contribution in [0.4, 0.5) is 5.69 Å². The first-order chi connectivity index (χ1) is 17.0. The number of fused-ring (bicyclic) bond motifs is 1. The van der Waals surface area contributed by atoms with Gasteiger partial charge in [-0.25, -0.2) is 4.98 Å². The molecule has 6 nitrogen and oxygen atoms in total. The summed E-state index contributed by atoms with van der Waals surface area (Å²) in [6.45, 7) is 7.80. The molecule has 2 heterocycles. The molecule has 4 aromatic rings. The number of aromatic nitrogens is 2. The topological polar surface area (TPSA) is 50.6 Å². The molecule has 0 atom stereocenters. The highest BCUT2D eigenvalue weighted by Crippen LogP contribution is 2.29. The van der Waals surface area contributed by atoms with Crippen LogP contribution in [-0.4, -0.2) is 53.6 Å². The van der Waals surface area contributed by atoms with Crippen molar-refractivity contribution in [1.29, 1.82) is 0 Å². The van der Waals surface area contributed by atoms with Crippen molar-refractivity contribution in [3.63, 3.8) is 0 Å². The third-order valence-electron chi connectivity index (χ3n) is 6.82. The molecule has 1 aliphatic rings. The number of ether oxygens (including phenoxy) is 1. The summed E-state index contributed by atoms with van der Waals surface area (Å²) in [5.74, 6) is 1.98. The van der Waals surface area contributed by atoms with Gasteiger partial charge >= 0.3 is 0 Å². The molecule has 180 valence electrons. The van der Waals surface area contributed by atoms with Gasteiger partial charge in [0, 0.05) is 44.7 Å². The quantitative estimate of drug-likeness (QED) is 0.397. The number of carbonyl (C=O) groups is 1. The maximum absolute atomic E-state index is 13.2. The van der Waals surface area contributed by atoms with Crippen molar-refractivity contribution in [2.24, 2.45) is 0 Å². The van der Waals surface area contributed by atoms with Gasteiger partial charge in [0.15, 0.2) is 0 Å². The van der Waals surface area contributed by atoms with E-state index in [9.17, 15) is 4.79 Å². The number of amides is 1. The number of rotatable bonds is 6. The van der Waals surface area contributed by atoms with Gasteiger partial charge in [-0.3, -0.25) is 4.79 Å². The van der Waals surface area contributed by atoms with Crippen molar-refractivity contribution in [3.8, 4) is 17.1 Å². The predicted octanol–water partition coefficient (Wildman–Crippen LogP) is 5.07. The average Bonchev–Trinajstić information content (AvgIpc) is 3.25. The van der Waals surface area contributed by atoms with Gasteiger partial charge in [-0.1, -0.05) is 48.0 Å². The number of carbonyl (C=O) groups excluding carboxylic acids is 1. The number of anilines is 1. The zero-order chi connectivity index (χ0) is 24.4. The number of imidazole rings is 1. The van der Waals surface area contributed by atoms with Crippen molar-refractivity contribution < 1.29 is 9.53 Å². The lowest BCUT2D eigenvalue weighted by atomic mass is 10.1. The fourth-order valence-corrected chi connectivity index (χ4v) is 4.84. The summed E-state index contributed by atoms with van der Waals surface area (Å²) in [5.41, 5.74) is 6.60. The predicted molar refractivity (Wildman–Crippen MR) is 141 cm³/mol. The molecule has 1 amide bonds. The van der Waals surface area contributed by atoms with E-state index in [-0.39, 0.29) is 5.91 Å². The summed E-state index contributed by atoms with van der Waals surface area (Å²) in [6.07, 6.45) is 0.451. The van der Waals surface area contributed by atoms with E-state index in [2.05, 4.69) is 71.8 Å². The van der Waals surface area contributed by atoms with Gasteiger partial charge in [0.05, 0.1) is 23.8 Å². The molecular formula is C29H32N4O2. The fraction of sp³-hybridized carbons (Fsp3) is 0.310. The fourth-order valence-electron chi connectivity index (χ4n) is 4.84. The second-order valence-electron chi connectivity index (χ2n) is 9.23. The molecule has 0 spiro atoms. The van der Waals surface area contributed by atoms with Crippen LogP contribution in [0.3, 0.4) is 0 Å². The van der Waals surface area contributed by atoms with Gasteiger partial charge in [0.2, 0.25) is 5.91 Å². The Hall–Kier alpha value is -3.80. The number of hydrogen-bond acceptors (Lipinski definition) is 4. The lowest BCUT2D eigenvalue weighted by molar-refractivity contribution is -0.131.